The summed E-state index contributed by atoms with van der Waals surface area (Å²) >= 11 is -5.11. The monoisotopic (exact) mass is 274 g/mol. The third kappa shape index (κ3) is 3.12. The summed E-state index contributed by atoms with van der Waals surface area (Å²) in [5.74, 6) is -0.780. The molecule has 0 bridgehead atoms. The second-order valence-electron chi connectivity index (χ2n) is 2.84. The summed E-state index contributed by atoms with van der Waals surface area (Å²) < 4.78 is 28.7. The van der Waals surface area contributed by atoms with E-state index in [0.29, 0.717) is 0 Å². The zero-order chi connectivity index (χ0) is 11.6. The summed E-state index contributed by atoms with van der Waals surface area (Å²) in [6.45, 7) is 1.20. The molecule has 1 aromatic rings. The number of anilines is 1. The van der Waals surface area contributed by atoms with Gasteiger partial charge in [0.1, 0.15) is 0 Å². The number of amides is 1. The molecule has 15 heavy (non-hydrogen) atoms. The summed E-state index contributed by atoms with van der Waals surface area (Å²) in [6.07, 6.45) is 0. The first-order valence-corrected chi connectivity index (χ1v) is 7.27. The molecule has 0 aromatic heterocycles. The minimum absolute atomic E-state index is 0.0914. The molecule has 0 atom stereocenters. The van der Waals surface area contributed by atoms with E-state index in [1.54, 1.807) is 0 Å². The van der Waals surface area contributed by atoms with E-state index in [-0.39, 0.29) is 15.8 Å². The number of rotatable bonds is 2. The van der Waals surface area contributed by atoms with E-state index in [1.165, 1.54) is 6.92 Å². The first-order chi connectivity index (χ1) is 6.80. The van der Waals surface area contributed by atoms with Gasteiger partial charge in [0.05, 0.1) is 0 Å². The van der Waals surface area contributed by atoms with Gasteiger partial charge >= 0.3 is 88.1 Å². The van der Waals surface area contributed by atoms with Crippen LogP contribution >= 0.6 is 0 Å². The molecule has 0 heterocycles. The Hall–Kier alpha value is -1.23. The number of aromatic hydroxyl groups is 1. The van der Waals surface area contributed by atoms with Gasteiger partial charge in [-0.2, -0.15) is 0 Å². The van der Waals surface area contributed by atoms with Gasteiger partial charge < -0.3 is 0 Å². The first kappa shape index (κ1) is 11.8. The number of hydrogen-bond donors (Lipinski definition) is 4. The van der Waals surface area contributed by atoms with E-state index in [1.807, 2.05) is 0 Å². The van der Waals surface area contributed by atoms with Crippen molar-refractivity contribution in [3.63, 3.8) is 0 Å². The molecular weight excluding hydrogens is 265 g/mol. The Morgan fingerprint density at radius 1 is 1.53 bits per heavy atom. The van der Waals surface area contributed by atoms with Gasteiger partial charge in [0.15, 0.2) is 0 Å². The number of hydrogen-bond acceptors (Lipinski definition) is 3. The van der Waals surface area contributed by atoms with Gasteiger partial charge in [0, 0.05) is 0 Å². The predicted octanol–water partition coefficient (Wildman–Crippen LogP) is -1.29. The molecule has 0 spiro atoms. The molecule has 0 aliphatic rings. The van der Waals surface area contributed by atoms with Gasteiger partial charge in [-0.05, 0) is 0 Å². The number of benzene rings is 1. The summed E-state index contributed by atoms with van der Waals surface area (Å²) in [4.78, 5) is 10.8. The number of phenolic OH excluding ortho intramolecular Hbond substituents is 1. The van der Waals surface area contributed by atoms with Crippen molar-refractivity contribution in [3.05, 3.63) is 18.2 Å². The van der Waals surface area contributed by atoms with Gasteiger partial charge in [0.25, 0.3) is 0 Å². The first-order valence-electron chi connectivity index (χ1n) is 3.89. The van der Waals surface area contributed by atoms with Gasteiger partial charge in [-0.3, -0.25) is 0 Å². The summed E-state index contributed by atoms with van der Waals surface area (Å²) in [7, 11) is 0. The molecule has 81 valence electrons. The number of carbonyl (C=O) groups excluding carboxylic acids is 1. The molecule has 0 saturated heterocycles. The second kappa shape index (κ2) is 4.10. The third-order valence-electron chi connectivity index (χ3n) is 1.54. The Labute approximate surface area is 88.6 Å². The molecule has 1 rings (SSSR count). The van der Waals surface area contributed by atoms with Crippen molar-refractivity contribution in [1.82, 2.24) is 0 Å². The molecule has 4 N–H and O–H groups in total. The molecule has 0 aliphatic carbocycles. The normalized spacial score (nSPS) is 11.1. The van der Waals surface area contributed by atoms with Crippen LogP contribution in [-0.4, -0.2) is 33.4 Å². The molecule has 1 radical (unpaired) electrons. The van der Waals surface area contributed by atoms with Crippen molar-refractivity contribution in [2.75, 3.05) is 5.32 Å². The molecular formula is C8H9AsNO5. The van der Waals surface area contributed by atoms with Crippen molar-refractivity contribution < 1.29 is 21.8 Å². The molecule has 7 heteroatoms. The average Bonchev–Trinajstić information content (AvgIpc) is 1.99. The zero-order valence-corrected chi connectivity index (χ0v) is 9.64. The Kier molecular flexibility index (Phi) is 3.24. The molecule has 1 amide bonds. The average molecular weight is 274 g/mol. The second-order valence-corrected chi connectivity index (χ2v) is 6.14. The van der Waals surface area contributed by atoms with Crippen molar-refractivity contribution in [2.24, 2.45) is 0 Å². The number of nitrogens with one attached hydrogen (secondary N) is 1. The van der Waals surface area contributed by atoms with Crippen LogP contribution in [0.5, 0.6) is 5.75 Å². The number of phenols is 1. The van der Waals surface area contributed by atoms with E-state index >= 15 is 0 Å². The standard InChI is InChI=1S/C8H9AsNO5/c1-5(11)10-8-4-6(12)2-3-7(8)9(13,14)15/h3-4,12H,1H3,(H,10,11)(H2,13,14,15). The molecule has 0 unspecified atom stereocenters. The SMILES string of the molecule is CC(=O)Nc1cc(O)[c]cc1[As](=O)(O)O. The van der Waals surface area contributed by atoms with Gasteiger partial charge in [-0.15, -0.1) is 0 Å². The Balaban J connectivity index is 3.27. The topological polar surface area (TPSA) is 107 Å². The third-order valence-corrected chi connectivity index (χ3v) is 3.63. The Morgan fingerprint density at radius 3 is 2.60 bits per heavy atom. The van der Waals surface area contributed by atoms with E-state index in [9.17, 15) is 8.53 Å². The summed E-state index contributed by atoms with van der Waals surface area (Å²) in [6, 6.07) is 4.26. The minimum atomic E-state index is -5.11. The fourth-order valence-corrected chi connectivity index (χ4v) is 2.40. The fraction of sp³-hybridized carbons (Fsp3) is 0.125. The van der Waals surface area contributed by atoms with Crippen LogP contribution < -0.4 is 9.67 Å². The van der Waals surface area contributed by atoms with Gasteiger partial charge in [0.2, 0.25) is 0 Å². The van der Waals surface area contributed by atoms with Crippen LogP contribution in [0.4, 0.5) is 5.69 Å². The molecule has 6 nitrogen and oxygen atoms in total. The Bertz CT molecular complexity index is 439. The predicted molar refractivity (Wildman–Crippen MR) is 51.8 cm³/mol. The zero-order valence-electron chi connectivity index (χ0n) is 7.76. The van der Waals surface area contributed by atoms with E-state index in [2.05, 4.69) is 11.4 Å². The van der Waals surface area contributed by atoms with Crippen LogP contribution in [0.15, 0.2) is 12.1 Å². The van der Waals surface area contributed by atoms with Gasteiger partial charge in [-0.25, -0.2) is 0 Å². The maximum atomic E-state index is 11.0. The van der Waals surface area contributed by atoms with Crippen molar-refractivity contribution in [1.29, 1.82) is 0 Å². The molecule has 0 aliphatic heterocycles. The van der Waals surface area contributed by atoms with Crippen LogP contribution in [0.3, 0.4) is 0 Å². The van der Waals surface area contributed by atoms with Crippen molar-refractivity contribution in [2.45, 2.75) is 6.92 Å². The van der Waals surface area contributed by atoms with Crippen LogP contribution in [0.1, 0.15) is 6.92 Å². The van der Waals surface area contributed by atoms with E-state index in [4.69, 9.17) is 13.3 Å². The number of carbonyl (C=O) groups is 1. The van der Waals surface area contributed by atoms with Crippen LogP contribution in [0.25, 0.3) is 0 Å². The van der Waals surface area contributed by atoms with Crippen LogP contribution in [0, 0.1) is 6.07 Å². The molecule has 0 saturated carbocycles. The van der Waals surface area contributed by atoms with Crippen LogP contribution in [-0.2, 0) is 8.53 Å². The fourth-order valence-electron chi connectivity index (χ4n) is 1.00. The van der Waals surface area contributed by atoms with Crippen molar-refractivity contribution >= 4 is 30.1 Å². The van der Waals surface area contributed by atoms with Gasteiger partial charge in [-0.1, -0.05) is 0 Å². The van der Waals surface area contributed by atoms with E-state index < -0.39 is 20.1 Å². The maximum absolute atomic E-state index is 11.0. The molecule has 0 fully saturated rings. The summed E-state index contributed by atoms with van der Waals surface area (Å²) in [5, 5.41) is 11.3. The molecule has 1 aromatic carbocycles. The quantitative estimate of drug-likeness (QED) is 0.502. The van der Waals surface area contributed by atoms with Crippen molar-refractivity contribution in [3.8, 4) is 5.75 Å². The van der Waals surface area contributed by atoms with E-state index in [0.717, 1.165) is 12.1 Å². The van der Waals surface area contributed by atoms with Crippen LogP contribution in [0.2, 0.25) is 0 Å². The summed E-state index contributed by atoms with van der Waals surface area (Å²) in [5.41, 5.74) is -0.0914. The Morgan fingerprint density at radius 2 is 2.13 bits per heavy atom.